The van der Waals surface area contributed by atoms with Crippen molar-refractivity contribution in [1.82, 2.24) is 9.47 Å². The summed E-state index contributed by atoms with van der Waals surface area (Å²) in [6.07, 6.45) is 5.80. The molecule has 1 aromatic rings. The van der Waals surface area contributed by atoms with Gasteiger partial charge in [0.1, 0.15) is 0 Å². The SMILES string of the molecule is CCN1C(=O)C=CC1(C)c1ccn(CC)c1C. The highest BCUT2D eigenvalue weighted by molar-refractivity contribution is 5.91. The standard InChI is InChI=1S/C14H20N2O/c1-5-15-10-8-12(11(15)3)14(4)9-7-13(17)16(14)6-2/h7-10H,5-6H2,1-4H3. The number of hydrogen-bond donors (Lipinski definition) is 0. The first-order chi connectivity index (χ1) is 8.04. The predicted octanol–water partition coefficient (Wildman–Crippen LogP) is 2.45. The van der Waals surface area contributed by atoms with Crippen molar-refractivity contribution in [2.45, 2.75) is 39.8 Å². The van der Waals surface area contributed by atoms with Crippen LogP contribution in [0.3, 0.4) is 0 Å². The van der Waals surface area contributed by atoms with Gasteiger partial charge in [0.15, 0.2) is 0 Å². The number of aromatic nitrogens is 1. The summed E-state index contributed by atoms with van der Waals surface area (Å²) in [6, 6.07) is 2.13. The first kappa shape index (κ1) is 12.0. The lowest BCUT2D eigenvalue weighted by Gasteiger charge is -2.34. The van der Waals surface area contributed by atoms with E-state index in [1.807, 2.05) is 17.9 Å². The summed E-state index contributed by atoms with van der Waals surface area (Å²) in [5, 5.41) is 0. The molecule has 0 bridgehead atoms. The summed E-state index contributed by atoms with van der Waals surface area (Å²) in [5.41, 5.74) is 2.19. The third-order valence-electron chi connectivity index (χ3n) is 3.82. The highest BCUT2D eigenvalue weighted by atomic mass is 16.2. The number of likely N-dealkylation sites (N-methyl/N-ethyl adjacent to an activating group) is 1. The van der Waals surface area contributed by atoms with E-state index in [1.54, 1.807) is 6.08 Å². The normalized spacial score (nSPS) is 23.8. The van der Waals surface area contributed by atoms with Gasteiger partial charge in [-0.2, -0.15) is 0 Å². The molecule has 17 heavy (non-hydrogen) atoms. The molecule has 3 heteroatoms. The van der Waals surface area contributed by atoms with Crippen LogP contribution in [0.15, 0.2) is 24.4 Å². The molecule has 2 heterocycles. The maximum atomic E-state index is 11.8. The van der Waals surface area contributed by atoms with Crippen LogP contribution in [0.4, 0.5) is 0 Å². The summed E-state index contributed by atoms with van der Waals surface area (Å²) >= 11 is 0. The zero-order chi connectivity index (χ0) is 12.6. The van der Waals surface area contributed by atoms with Gasteiger partial charge in [-0.1, -0.05) is 0 Å². The Labute approximate surface area is 103 Å². The van der Waals surface area contributed by atoms with Gasteiger partial charge in [-0.25, -0.2) is 0 Å². The average Bonchev–Trinajstić information content (AvgIpc) is 2.81. The Bertz CT molecular complexity index is 473. The van der Waals surface area contributed by atoms with E-state index in [-0.39, 0.29) is 11.4 Å². The zero-order valence-corrected chi connectivity index (χ0v) is 11.0. The van der Waals surface area contributed by atoms with Crippen LogP contribution in [-0.4, -0.2) is 21.9 Å². The Kier molecular flexibility index (Phi) is 2.86. The molecule has 0 saturated carbocycles. The number of aryl methyl sites for hydroxylation is 1. The molecule has 0 aliphatic carbocycles. The summed E-state index contributed by atoms with van der Waals surface area (Å²) < 4.78 is 2.21. The number of hydrogen-bond acceptors (Lipinski definition) is 1. The van der Waals surface area contributed by atoms with E-state index in [0.29, 0.717) is 0 Å². The lowest BCUT2D eigenvalue weighted by molar-refractivity contribution is -0.128. The lowest BCUT2D eigenvalue weighted by Crippen LogP contribution is -2.41. The minimum absolute atomic E-state index is 0.110. The maximum Gasteiger partial charge on any atom is 0.247 e. The molecular formula is C14H20N2O. The van der Waals surface area contributed by atoms with Crippen LogP contribution in [0.1, 0.15) is 32.0 Å². The molecule has 0 fully saturated rings. The van der Waals surface area contributed by atoms with Crippen molar-refractivity contribution in [2.24, 2.45) is 0 Å². The minimum Gasteiger partial charge on any atom is -0.352 e. The van der Waals surface area contributed by atoms with Crippen LogP contribution in [0, 0.1) is 6.92 Å². The van der Waals surface area contributed by atoms with E-state index >= 15 is 0 Å². The Morgan fingerprint density at radius 2 is 2.00 bits per heavy atom. The van der Waals surface area contributed by atoms with Gasteiger partial charge in [-0.15, -0.1) is 0 Å². The summed E-state index contributed by atoms with van der Waals surface area (Å²) in [4.78, 5) is 13.7. The number of nitrogens with zero attached hydrogens (tertiary/aromatic N) is 2. The number of rotatable bonds is 3. The van der Waals surface area contributed by atoms with Crippen LogP contribution in [-0.2, 0) is 16.9 Å². The van der Waals surface area contributed by atoms with Crippen LogP contribution < -0.4 is 0 Å². The van der Waals surface area contributed by atoms with E-state index in [0.717, 1.165) is 13.1 Å². The van der Waals surface area contributed by atoms with E-state index in [4.69, 9.17) is 0 Å². The van der Waals surface area contributed by atoms with Gasteiger partial charge >= 0.3 is 0 Å². The molecule has 92 valence electrons. The molecule has 1 amide bonds. The number of carbonyl (C=O) groups is 1. The highest BCUT2D eigenvalue weighted by Gasteiger charge is 2.39. The van der Waals surface area contributed by atoms with Crippen molar-refractivity contribution in [1.29, 1.82) is 0 Å². The topological polar surface area (TPSA) is 25.2 Å². The summed E-state index contributed by atoms with van der Waals surface area (Å²) in [7, 11) is 0. The average molecular weight is 232 g/mol. The van der Waals surface area contributed by atoms with Gasteiger partial charge in [0, 0.05) is 36.6 Å². The molecule has 0 aromatic carbocycles. The van der Waals surface area contributed by atoms with Crippen molar-refractivity contribution in [3.05, 3.63) is 35.7 Å². The third-order valence-corrected chi connectivity index (χ3v) is 3.82. The fourth-order valence-corrected chi connectivity index (χ4v) is 2.79. The van der Waals surface area contributed by atoms with Crippen molar-refractivity contribution >= 4 is 5.91 Å². The smallest absolute Gasteiger partial charge is 0.247 e. The second kappa shape index (κ2) is 4.06. The molecule has 3 nitrogen and oxygen atoms in total. The Morgan fingerprint density at radius 1 is 1.29 bits per heavy atom. The van der Waals surface area contributed by atoms with Crippen molar-refractivity contribution in [3.63, 3.8) is 0 Å². The lowest BCUT2D eigenvalue weighted by atomic mass is 9.92. The third kappa shape index (κ3) is 1.61. The van der Waals surface area contributed by atoms with Gasteiger partial charge in [0.25, 0.3) is 0 Å². The first-order valence-electron chi connectivity index (χ1n) is 6.21. The Morgan fingerprint density at radius 3 is 2.53 bits per heavy atom. The molecular weight excluding hydrogens is 212 g/mol. The van der Waals surface area contributed by atoms with Crippen molar-refractivity contribution in [2.75, 3.05) is 6.54 Å². The Balaban J connectivity index is 2.48. The van der Waals surface area contributed by atoms with Gasteiger partial charge in [0.05, 0.1) is 5.54 Å². The molecule has 1 unspecified atom stereocenters. The van der Waals surface area contributed by atoms with Gasteiger partial charge < -0.3 is 9.47 Å². The van der Waals surface area contributed by atoms with Crippen LogP contribution in [0.5, 0.6) is 0 Å². The molecule has 1 atom stereocenters. The summed E-state index contributed by atoms with van der Waals surface area (Å²) in [6.45, 7) is 10.1. The van der Waals surface area contributed by atoms with Crippen molar-refractivity contribution < 1.29 is 4.79 Å². The quantitative estimate of drug-likeness (QED) is 0.786. The number of carbonyl (C=O) groups excluding carboxylic acids is 1. The van der Waals surface area contributed by atoms with Crippen LogP contribution >= 0.6 is 0 Å². The first-order valence-corrected chi connectivity index (χ1v) is 6.21. The largest absolute Gasteiger partial charge is 0.352 e. The molecule has 1 aliphatic heterocycles. The van der Waals surface area contributed by atoms with Gasteiger partial charge in [-0.05, 0) is 39.8 Å². The fraction of sp³-hybridized carbons (Fsp3) is 0.500. The van der Waals surface area contributed by atoms with E-state index in [1.165, 1.54) is 11.3 Å². The molecule has 0 saturated heterocycles. The van der Waals surface area contributed by atoms with Crippen molar-refractivity contribution in [3.8, 4) is 0 Å². The van der Waals surface area contributed by atoms with Gasteiger partial charge in [0.2, 0.25) is 5.91 Å². The zero-order valence-electron chi connectivity index (χ0n) is 11.0. The molecule has 0 N–H and O–H groups in total. The Hall–Kier alpha value is -1.51. The summed E-state index contributed by atoms with van der Waals surface area (Å²) in [5.74, 6) is 0.110. The highest BCUT2D eigenvalue weighted by Crippen LogP contribution is 2.36. The van der Waals surface area contributed by atoms with Gasteiger partial charge in [-0.3, -0.25) is 4.79 Å². The van der Waals surface area contributed by atoms with Crippen LogP contribution in [0.2, 0.25) is 0 Å². The number of amides is 1. The monoisotopic (exact) mass is 232 g/mol. The fourth-order valence-electron chi connectivity index (χ4n) is 2.79. The molecule has 1 aliphatic rings. The second-order valence-electron chi connectivity index (χ2n) is 4.66. The van der Waals surface area contributed by atoms with E-state index < -0.39 is 0 Å². The molecule has 0 radical (unpaired) electrons. The minimum atomic E-state index is -0.281. The van der Waals surface area contributed by atoms with Crippen LogP contribution in [0.25, 0.3) is 0 Å². The maximum absolute atomic E-state index is 11.8. The molecule has 1 aromatic heterocycles. The second-order valence-corrected chi connectivity index (χ2v) is 4.66. The van der Waals surface area contributed by atoms with E-state index in [2.05, 4.69) is 37.6 Å². The molecule has 2 rings (SSSR count). The van der Waals surface area contributed by atoms with E-state index in [9.17, 15) is 4.79 Å². The molecule has 0 spiro atoms. The predicted molar refractivity (Wildman–Crippen MR) is 68.7 cm³/mol.